The van der Waals surface area contributed by atoms with Gasteiger partial charge in [-0.2, -0.15) is 0 Å². The summed E-state index contributed by atoms with van der Waals surface area (Å²) in [7, 11) is 0. The smallest absolute Gasteiger partial charge is 0.222 e. The molecule has 2 fully saturated rings. The Labute approximate surface area is 164 Å². The molecule has 1 N–H and O–H groups in total. The Morgan fingerprint density at radius 1 is 1.15 bits per heavy atom. The van der Waals surface area contributed by atoms with E-state index in [-0.39, 0.29) is 0 Å². The van der Waals surface area contributed by atoms with Gasteiger partial charge in [0.25, 0.3) is 0 Å². The number of aromatic nitrogens is 1. The molecule has 0 unspecified atom stereocenters. The molecule has 2 atom stereocenters. The van der Waals surface area contributed by atoms with Gasteiger partial charge in [-0.15, -0.1) is 0 Å². The third kappa shape index (κ3) is 5.81. The van der Waals surface area contributed by atoms with Crippen molar-refractivity contribution in [2.75, 3.05) is 26.2 Å². The molecular formula is C22H37N3O2. The Hall–Kier alpha value is -1.36. The third-order valence-corrected chi connectivity index (χ3v) is 6.61. The van der Waals surface area contributed by atoms with Crippen molar-refractivity contribution < 1.29 is 9.32 Å². The van der Waals surface area contributed by atoms with Gasteiger partial charge >= 0.3 is 0 Å². The molecule has 0 bridgehead atoms. The van der Waals surface area contributed by atoms with Gasteiger partial charge in [-0.05, 0) is 57.5 Å². The lowest BCUT2D eigenvalue weighted by molar-refractivity contribution is -0.132. The standard InChI is InChI=1S/C22H37N3O2/c1-3-25(4-2)22(26)14-18-10-11-23-16-19(18)13-20-15-21(27-24-20)12-17-8-6-5-7-9-17/h15,17-19,23H,3-14,16H2,1-2H3/t18-,19-/m0/s1. The molecule has 0 radical (unpaired) electrons. The summed E-state index contributed by atoms with van der Waals surface area (Å²) in [5.74, 6) is 3.03. The molecular weight excluding hydrogens is 338 g/mol. The summed E-state index contributed by atoms with van der Waals surface area (Å²) in [5, 5.41) is 7.86. The van der Waals surface area contributed by atoms with Gasteiger partial charge in [-0.25, -0.2) is 0 Å². The second-order valence-electron chi connectivity index (χ2n) is 8.48. The van der Waals surface area contributed by atoms with Crippen LogP contribution in [0.3, 0.4) is 0 Å². The molecule has 2 heterocycles. The van der Waals surface area contributed by atoms with Gasteiger partial charge < -0.3 is 14.7 Å². The van der Waals surface area contributed by atoms with Gasteiger partial charge in [-0.3, -0.25) is 4.79 Å². The van der Waals surface area contributed by atoms with Gasteiger partial charge in [0.15, 0.2) is 0 Å². The third-order valence-electron chi connectivity index (χ3n) is 6.61. The predicted octanol–water partition coefficient (Wildman–Crippen LogP) is 3.82. The normalized spacial score (nSPS) is 24.1. The van der Waals surface area contributed by atoms with Crippen LogP contribution in [0.5, 0.6) is 0 Å². The van der Waals surface area contributed by atoms with Crippen LogP contribution in [0.25, 0.3) is 0 Å². The Balaban J connectivity index is 1.55. The Morgan fingerprint density at radius 3 is 2.67 bits per heavy atom. The van der Waals surface area contributed by atoms with Gasteiger partial charge in [0.05, 0.1) is 5.69 Å². The van der Waals surface area contributed by atoms with Gasteiger partial charge in [0.1, 0.15) is 5.76 Å². The number of hydrogen-bond acceptors (Lipinski definition) is 4. The minimum atomic E-state index is 0.301. The SMILES string of the molecule is CCN(CC)C(=O)C[C@@H]1CCNC[C@@H]1Cc1cc(CC2CCCCC2)on1. The van der Waals surface area contributed by atoms with Crippen molar-refractivity contribution >= 4 is 5.91 Å². The molecule has 27 heavy (non-hydrogen) atoms. The van der Waals surface area contributed by atoms with Crippen LogP contribution >= 0.6 is 0 Å². The van der Waals surface area contributed by atoms with Crippen LogP contribution in [0.4, 0.5) is 0 Å². The van der Waals surface area contributed by atoms with Crippen molar-refractivity contribution in [3.63, 3.8) is 0 Å². The second-order valence-corrected chi connectivity index (χ2v) is 8.48. The highest BCUT2D eigenvalue weighted by atomic mass is 16.5. The lowest BCUT2D eigenvalue weighted by Crippen LogP contribution is -2.41. The summed E-state index contributed by atoms with van der Waals surface area (Å²) in [6.07, 6.45) is 10.5. The molecule has 1 aliphatic heterocycles. The summed E-state index contributed by atoms with van der Waals surface area (Å²) in [6.45, 7) is 7.71. The van der Waals surface area contributed by atoms with E-state index in [0.29, 0.717) is 24.2 Å². The van der Waals surface area contributed by atoms with Crippen LogP contribution in [0.15, 0.2) is 10.6 Å². The number of piperidine rings is 1. The van der Waals surface area contributed by atoms with Crippen molar-refractivity contribution in [2.45, 2.75) is 71.6 Å². The molecule has 1 amide bonds. The maximum atomic E-state index is 12.6. The zero-order valence-electron chi connectivity index (χ0n) is 17.2. The van der Waals surface area contributed by atoms with Crippen LogP contribution in [0.2, 0.25) is 0 Å². The molecule has 1 aromatic rings. The first-order chi connectivity index (χ1) is 13.2. The summed E-state index contributed by atoms with van der Waals surface area (Å²) in [4.78, 5) is 14.5. The van der Waals surface area contributed by atoms with E-state index in [1.165, 1.54) is 32.1 Å². The molecule has 2 aliphatic rings. The monoisotopic (exact) mass is 375 g/mol. The van der Waals surface area contributed by atoms with Crippen LogP contribution < -0.4 is 5.32 Å². The van der Waals surface area contributed by atoms with Crippen molar-refractivity contribution in [2.24, 2.45) is 17.8 Å². The zero-order valence-corrected chi connectivity index (χ0v) is 17.2. The summed E-state index contributed by atoms with van der Waals surface area (Å²) in [5.41, 5.74) is 1.06. The van der Waals surface area contributed by atoms with Crippen molar-refractivity contribution in [3.05, 3.63) is 17.5 Å². The lowest BCUT2D eigenvalue weighted by atomic mass is 9.81. The minimum Gasteiger partial charge on any atom is -0.361 e. The topological polar surface area (TPSA) is 58.4 Å². The molecule has 3 rings (SSSR count). The second kappa shape index (κ2) is 10.3. The van der Waals surface area contributed by atoms with Crippen LogP contribution in [0.1, 0.15) is 70.2 Å². The first kappa shape index (κ1) is 20.4. The molecule has 1 saturated heterocycles. The largest absolute Gasteiger partial charge is 0.361 e. The number of amides is 1. The van der Waals surface area contributed by atoms with Gasteiger partial charge in [-0.1, -0.05) is 37.3 Å². The van der Waals surface area contributed by atoms with E-state index in [1.807, 2.05) is 4.90 Å². The fraction of sp³-hybridized carbons (Fsp3) is 0.818. The average Bonchev–Trinajstić information content (AvgIpc) is 3.12. The van der Waals surface area contributed by atoms with Crippen LogP contribution in [-0.2, 0) is 17.6 Å². The first-order valence-corrected chi connectivity index (χ1v) is 11.1. The quantitative estimate of drug-likeness (QED) is 0.750. The molecule has 152 valence electrons. The van der Waals surface area contributed by atoms with E-state index in [0.717, 1.165) is 62.8 Å². The fourth-order valence-electron chi connectivity index (χ4n) is 4.91. The van der Waals surface area contributed by atoms with Crippen molar-refractivity contribution in [3.8, 4) is 0 Å². The fourth-order valence-corrected chi connectivity index (χ4v) is 4.91. The maximum absolute atomic E-state index is 12.6. The molecule has 5 heteroatoms. The highest BCUT2D eigenvalue weighted by Crippen LogP contribution is 2.29. The number of nitrogens with one attached hydrogen (secondary N) is 1. The Morgan fingerprint density at radius 2 is 1.93 bits per heavy atom. The Bertz CT molecular complexity index is 576. The molecule has 5 nitrogen and oxygen atoms in total. The predicted molar refractivity (Wildman–Crippen MR) is 107 cm³/mol. The number of hydrogen-bond donors (Lipinski definition) is 1. The van der Waals surface area contributed by atoms with Crippen LogP contribution in [-0.4, -0.2) is 42.1 Å². The highest BCUT2D eigenvalue weighted by molar-refractivity contribution is 5.76. The highest BCUT2D eigenvalue weighted by Gasteiger charge is 2.29. The molecule has 1 aliphatic carbocycles. The molecule has 0 aromatic carbocycles. The summed E-state index contributed by atoms with van der Waals surface area (Å²) < 4.78 is 5.65. The summed E-state index contributed by atoms with van der Waals surface area (Å²) in [6, 6.07) is 2.17. The van der Waals surface area contributed by atoms with Gasteiger partial charge in [0, 0.05) is 32.0 Å². The van der Waals surface area contributed by atoms with E-state index in [1.54, 1.807) is 0 Å². The number of carbonyl (C=O) groups is 1. The van der Waals surface area contributed by atoms with E-state index < -0.39 is 0 Å². The molecule has 1 aromatic heterocycles. The molecule has 1 saturated carbocycles. The summed E-state index contributed by atoms with van der Waals surface area (Å²) >= 11 is 0. The molecule has 0 spiro atoms. The first-order valence-electron chi connectivity index (χ1n) is 11.1. The van der Waals surface area contributed by atoms with Crippen molar-refractivity contribution in [1.82, 2.24) is 15.4 Å². The minimum absolute atomic E-state index is 0.301. The van der Waals surface area contributed by atoms with Crippen LogP contribution in [0, 0.1) is 17.8 Å². The van der Waals surface area contributed by atoms with E-state index in [4.69, 9.17) is 4.52 Å². The van der Waals surface area contributed by atoms with Gasteiger partial charge in [0.2, 0.25) is 5.91 Å². The number of rotatable bonds is 8. The number of carbonyl (C=O) groups excluding carboxylic acids is 1. The maximum Gasteiger partial charge on any atom is 0.222 e. The lowest BCUT2D eigenvalue weighted by Gasteiger charge is -2.32. The Kier molecular flexibility index (Phi) is 7.74. The number of nitrogens with zero attached hydrogens (tertiary/aromatic N) is 2. The van der Waals surface area contributed by atoms with Crippen molar-refractivity contribution in [1.29, 1.82) is 0 Å². The zero-order chi connectivity index (χ0) is 19.1. The van der Waals surface area contributed by atoms with E-state index >= 15 is 0 Å². The average molecular weight is 376 g/mol. The van der Waals surface area contributed by atoms with E-state index in [9.17, 15) is 4.79 Å². The van der Waals surface area contributed by atoms with E-state index in [2.05, 4.69) is 30.4 Å².